The first kappa shape index (κ1) is 10.4. The number of benzene rings is 1. The monoisotopic (exact) mass is 281 g/mol. The van der Waals surface area contributed by atoms with E-state index in [0.29, 0.717) is 6.04 Å². The maximum Gasteiger partial charge on any atom is 0.0616 e. The molecular formula is C12H16BrN3. The van der Waals surface area contributed by atoms with Crippen LogP contribution in [-0.2, 0) is 0 Å². The van der Waals surface area contributed by atoms with Crippen molar-refractivity contribution in [3.05, 3.63) is 22.7 Å². The van der Waals surface area contributed by atoms with Crippen LogP contribution >= 0.6 is 15.9 Å². The minimum Gasteiger partial charge on any atom is -0.382 e. The molecular weight excluding hydrogens is 266 g/mol. The summed E-state index contributed by atoms with van der Waals surface area (Å²) in [6.07, 6.45) is 1.26. The largest absolute Gasteiger partial charge is 0.382 e. The molecule has 1 saturated heterocycles. The van der Waals surface area contributed by atoms with Gasteiger partial charge in [0, 0.05) is 30.1 Å². The zero-order valence-electron chi connectivity index (χ0n) is 9.17. The van der Waals surface area contributed by atoms with Crippen LogP contribution < -0.4 is 15.5 Å². The van der Waals surface area contributed by atoms with E-state index in [-0.39, 0.29) is 0 Å². The lowest BCUT2D eigenvalue weighted by atomic mass is 10.1. The quantitative estimate of drug-likeness (QED) is 0.825. The summed E-state index contributed by atoms with van der Waals surface area (Å²) in [5.74, 6) is 0. The van der Waals surface area contributed by atoms with Crippen molar-refractivity contribution in [2.24, 2.45) is 0 Å². The number of fused-ring (bicyclic) bond motifs is 1. The molecule has 4 heteroatoms. The molecule has 1 unspecified atom stereocenters. The number of hydrogen-bond acceptors (Lipinski definition) is 3. The van der Waals surface area contributed by atoms with Crippen LogP contribution in [0.3, 0.4) is 0 Å². The molecule has 2 aliphatic rings. The van der Waals surface area contributed by atoms with Crippen molar-refractivity contribution in [2.45, 2.75) is 12.5 Å². The number of anilines is 2. The van der Waals surface area contributed by atoms with Crippen LogP contribution in [0.1, 0.15) is 6.42 Å². The topological polar surface area (TPSA) is 27.3 Å². The third kappa shape index (κ3) is 1.80. The SMILES string of the molecule is Brc1ccc2c(c1)N(C1CCNC1)CCN2. The van der Waals surface area contributed by atoms with Crippen LogP contribution in [0.15, 0.2) is 22.7 Å². The van der Waals surface area contributed by atoms with Crippen molar-refractivity contribution in [1.29, 1.82) is 0 Å². The highest BCUT2D eigenvalue weighted by atomic mass is 79.9. The Morgan fingerprint density at radius 1 is 1.31 bits per heavy atom. The summed E-state index contributed by atoms with van der Waals surface area (Å²) in [4.78, 5) is 2.54. The minimum absolute atomic E-state index is 0.662. The van der Waals surface area contributed by atoms with Crippen molar-refractivity contribution in [1.82, 2.24) is 5.32 Å². The molecule has 0 radical (unpaired) electrons. The average Bonchev–Trinajstić information content (AvgIpc) is 2.81. The minimum atomic E-state index is 0.662. The van der Waals surface area contributed by atoms with E-state index in [1.54, 1.807) is 0 Å². The molecule has 2 aliphatic heterocycles. The van der Waals surface area contributed by atoms with Crippen molar-refractivity contribution in [2.75, 3.05) is 36.4 Å². The maximum atomic E-state index is 3.56. The second kappa shape index (κ2) is 4.26. The first-order chi connectivity index (χ1) is 7.84. The molecule has 1 fully saturated rings. The molecule has 86 valence electrons. The molecule has 0 aromatic heterocycles. The lowest BCUT2D eigenvalue weighted by Crippen LogP contribution is -2.42. The Labute approximate surface area is 104 Å². The Morgan fingerprint density at radius 2 is 2.25 bits per heavy atom. The second-order valence-electron chi connectivity index (χ2n) is 4.43. The van der Waals surface area contributed by atoms with Gasteiger partial charge in [0.1, 0.15) is 0 Å². The molecule has 1 atom stereocenters. The number of halogens is 1. The van der Waals surface area contributed by atoms with Crippen LogP contribution in [0.25, 0.3) is 0 Å². The zero-order chi connectivity index (χ0) is 11.0. The van der Waals surface area contributed by atoms with Gasteiger partial charge in [0.2, 0.25) is 0 Å². The van der Waals surface area contributed by atoms with Gasteiger partial charge in [-0.1, -0.05) is 15.9 Å². The fourth-order valence-corrected chi connectivity index (χ4v) is 2.96. The molecule has 1 aromatic rings. The molecule has 0 spiro atoms. The van der Waals surface area contributed by atoms with Gasteiger partial charge in [-0.3, -0.25) is 0 Å². The summed E-state index contributed by atoms with van der Waals surface area (Å²) >= 11 is 3.56. The van der Waals surface area contributed by atoms with Gasteiger partial charge in [0.05, 0.1) is 11.4 Å². The summed E-state index contributed by atoms with van der Waals surface area (Å²) in [6, 6.07) is 7.14. The van der Waals surface area contributed by atoms with Gasteiger partial charge in [-0.15, -0.1) is 0 Å². The first-order valence-electron chi connectivity index (χ1n) is 5.85. The molecule has 3 nitrogen and oxygen atoms in total. The van der Waals surface area contributed by atoms with Crippen molar-refractivity contribution >= 4 is 27.3 Å². The predicted octanol–water partition coefficient (Wildman–Crippen LogP) is 2.04. The van der Waals surface area contributed by atoms with Crippen LogP contribution in [0.4, 0.5) is 11.4 Å². The Balaban J connectivity index is 1.94. The van der Waals surface area contributed by atoms with E-state index in [1.807, 2.05) is 0 Å². The molecule has 0 saturated carbocycles. The van der Waals surface area contributed by atoms with E-state index < -0.39 is 0 Å². The van der Waals surface area contributed by atoms with E-state index in [2.05, 4.69) is 49.7 Å². The van der Waals surface area contributed by atoms with Crippen LogP contribution in [0.2, 0.25) is 0 Å². The van der Waals surface area contributed by atoms with Crippen molar-refractivity contribution in [3.8, 4) is 0 Å². The van der Waals surface area contributed by atoms with Gasteiger partial charge in [0.25, 0.3) is 0 Å². The lowest BCUT2D eigenvalue weighted by molar-refractivity contribution is 0.632. The molecule has 2 heterocycles. The molecule has 1 aromatic carbocycles. The molecule has 0 bridgehead atoms. The highest BCUT2D eigenvalue weighted by Crippen LogP contribution is 2.33. The normalized spacial score (nSPS) is 24.1. The van der Waals surface area contributed by atoms with Gasteiger partial charge in [-0.05, 0) is 31.2 Å². The fourth-order valence-electron chi connectivity index (χ4n) is 2.61. The highest BCUT2D eigenvalue weighted by molar-refractivity contribution is 9.10. The standard InChI is InChI=1S/C12H16BrN3/c13-9-1-2-11-12(7-9)16(6-5-15-11)10-3-4-14-8-10/h1-2,7,10,14-15H,3-6,8H2. The molecule has 0 amide bonds. The van der Waals surface area contributed by atoms with Gasteiger partial charge >= 0.3 is 0 Å². The third-order valence-corrected chi connectivity index (χ3v) is 3.91. The van der Waals surface area contributed by atoms with Gasteiger partial charge in [-0.25, -0.2) is 0 Å². The number of nitrogens with zero attached hydrogens (tertiary/aromatic N) is 1. The smallest absolute Gasteiger partial charge is 0.0616 e. The van der Waals surface area contributed by atoms with Crippen LogP contribution in [0.5, 0.6) is 0 Å². The molecule has 2 N–H and O–H groups in total. The number of hydrogen-bond donors (Lipinski definition) is 2. The number of nitrogens with one attached hydrogen (secondary N) is 2. The fraction of sp³-hybridized carbons (Fsp3) is 0.500. The summed E-state index contributed by atoms with van der Waals surface area (Å²) in [5.41, 5.74) is 2.61. The Morgan fingerprint density at radius 3 is 3.06 bits per heavy atom. The second-order valence-corrected chi connectivity index (χ2v) is 5.34. The Hall–Kier alpha value is -0.740. The van der Waals surface area contributed by atoms with Crippen LogP contribution in [-0.4, -0.2) is 32.2 Å². The van der Waals surface area contributed by atoms with Gasteiger partial charge in [-0.2, -0.15) is 0 Å². The van der Waals surface area contributed by atoms with Crippen molar-refractivity contribution in [3.63, 3.8) is 0 Å². The highest BCUT2D eigenvalue weighted by Gasteiger charge is 2.26. The van der Waals surface area contributed by atoms with E-state index in [4.69, 9.17) is 0 Å². The summed E-state index contributed by atoms with van der Waals surface area (Å²) in [5, 5.41) is 6.90. The Kier molecular flexibility index (Phi) is 2.77. The van der Waals surface area contributed by atoms with E-state index in [1.165, 1.54) is 17.8 Å². The summed E-state index contributed by atoms with van der Waals surface area (Å²) < 4.78 is 1.16. The van der Waals surface area contributed by atoms with Gasteiger partial charge in [0.15, 0.2) is 0 Å². The Bertz CT molecular complexity index is 388. The summed E-state index contributed by atoms with van der Waals surface area (Å²) in [7, 11) is 0. The van der Waals surface area contributed by atoms with Crippen LogP contribution in [0, 0.1) is 0 Å². The van der Waals surface area contributed by atoms with E-state index in [9.17, 15) is 0 Å². The molecule has 3 rings (SSSR count). The number of rotatable bonds is 1. The predicted molar refractivity (Wildman–Crippen MR) is 71.3 cm³/mol. The lowest BCUT2D eigenvalue weighted by Gasteiger charge is -2.36. The van der Waals surface area contributed by atoms with Gasteiger partial charge < -0.3 is 15.5 Å². The van der Waals surface area contributed by atoms with Crippen molar-refractivity contribution < 1.29 is 0 Å². The van der Waals surface area contributed by atoms with E-state index in [0.717, 1.165) is 30.7 Å². The third-order valence-electron chi connectivity index (χ3n) is 3.41. The van der Waals surface area contributed by atoms with E-state index >= 15 is 0 Å². The first-order valence-corrected chi connectivity index (χ1v) is 6.65. The zero-order valence-corrected chi connectivity index (χ0v) is 10.8. The summed E-state index contributed by atoms with van der Waals surface area (Å²) in [6.45, 7) is 4.42. The average molecular weight is 282 g/mol. The molecule has 0 aliphatic carbocycles. The molecule has 16 heavy (non-hydrogen) atoms. The maximum absolute atomic E-state index is 3.56.